The molecular weight excluding hydrogens is 348 g/mol. The summed E-state index contributed by atoms with van der Waals surface area (Å²) in [4.78, 5) is 14.5. The van der Waals surface area contributed by atoms with E-state index in [0.717, 1.165) is 53.7 Å². The number of carbonyl (C=O) groups is 1. The molecule has 0 atom stereocenters. The Hall–Kier alpha value is -1.40. The molecule has 2 rings (SSSR count). The van der Waals surface area contributed by atoms with Gasteiger partial charge >= 0.3 is 0 Å². The Morgan fingerprint density at radius 2 is 1.42 bits per heavy atom. The minimum absolute atomic E-state index is 0.0318. The van der Waals surface area contributed by atoms with Gasteiger partial charge in [0.1, 0.15) is 0 Å². The summed E-state index contributed by atoms with van der Waals surface area (Å²) in [7, 11) is -3.64. The highest BCUT2D eigenvalue weighted by atomic mass is 32.2. The zero-order chi connectivity index (χ0) is 19.6. The van der Waals surface area contributed by atoms with Crippen molar-refractivity contribution in [3.63, 3.8) is 0 Å². The Labute approximate surface area is 158 Å². The smallest absolute Gasteiger partial charge is 0.241 e. The number of benzene rings is 1. The van der Waals surface area contributed by atoms with E-state index in [1.54, 1.807) is 0 Å². The quantitative estimate of drug-likeness (QED) is 0.853. The fraction of sp³-hybridized carbons (Fsp3) is 0.650. The maximum Gasteiger partial charge on any atom is 0.241 e. The van der Waals surface area contributed by atoms with Crippen molar-refractivity contribution in [3.8, 4) is 0 Å². The molecule has 0 unspecified atom stereocenters. The second-order valence-corrected chi connectivity index (χ2v) is 9.37. The molecule has 1 heterocycles. The number of hydrogen-bond donors (Lipinski definition) is 1. The molecule has 0 aliphatic carbocycles. The summed E-state index contributed by atoms with van der Waals surface area (Å²) < 4.78 is 28.3. The highest BCUT2D eigenvalue weighted by molar-refractivity contribution is 7.89. The van der Waals surface area contributed by atoms with Crippen LogP contribution in [0.4, 0.5) is 0 Å². The van der Waals surface area contributed by atoms with Gasteiger partial charge in [-0.25, -0.2) is 13.1 Å². The summed E-state index contributed by atoms with van der Waals surface area (Å²) in [5.41, 5.74) is 4.72. The number of sulfonamides is 1. The van der Waals surface area contributed by atoms with Crippen molar-refractivity contribution in [1.82, 2.24) is 9.62 Å². The van der Waals surface area contributed by atoms with Gasteiger partial charge in [0.25, 0.3) is 0 Å². The molecule has 1 aliphatic rings. The summed E-state index contributed by atoms with van der Waals surface area (Å²) in [6.45, 7) is 13.5. The van der Waals surface area contributed by atoms with Gasteiger partial charge in [0.2, 0.25) is 15.9 Å². The van der Waals surface area contributed by atoms with Crippen molar-refractivity contribution in [1.29, 1.82) is 0 Å². The molecule has 0 bridgehead atoms. The van der Waals surface area contributed by atoms with Gasteiger partial charge in [-0.1, -0.05) is 6.92 Å². The molecule has 1 N–H and O–H groups in total. The van der Waals surface area contributed by atoms with Crippen LogP contribution >= 0.6 is 0 Å². The number of rotatable bonds is 5. The van der Waals surface area contributed by atoms with Crippen molar-refractivity contribution in [2.24, 2.45) is 5.92 Å². The van der Waals surface area contributed by atoms with Crippen LogP contribution in [0.15, 0.2) is 4.90 Å². The molecule has 1 saturated heterocycles. The first-order chi connectivity index (χ1) is 12.1. The van der Waals surface area contributed by atoms with Crippen molar-refractivity contribution < 1.29 is 13.2 Å². The predicted octanol–water partition coefficient (Wildman–Crippen LogP) is 3.16. The third-order valence-corrected chi connectivity index (χ3v) is 7.70. The summed E-state index contributed by atoms with van der Waals surface area (Å²) in [6, 6.07) is 0. The SMILES string of the molecule is Cc1c(C)c(C)c(S(=O)(=O)NCCC(=O)N2CCC(C)CC2)c(C)c1C. The van der Waals surface area contributed by atoms with Gasteiger partial charge in [-0.05, 0) is 81.2 Å². The number of piperidine rings is 1. The first kappa shape index (κ1) is 20.9. The Kier molecular flexibility index (Phi) is 6.51. The van der Waals surface area contributed by atoms with Crippen molar-refractivity contribution in [3.05, 3.63) is 27.8 Å². The summed E-state index contributed by atoms with van der Waals surface area (Å²) >= 11 is 0. The van der Waals surface area contributed by atoms with Gasteiger partial charge in [0.05, 0.1) is 4.90 Å². The second-order valence-electron chi connectivity index (χ2n) is 7.67. The van der Waals surface area contributed by atoms with Crippen LogP contribution in [0.1, 0.15) is 54.0 Å². The molecule has 1 aliphatic heterocycles. The van der Waals surface area contributed by atoms with E-state index in [4.69, 9.17) is 0 Å². The van der Waals surface area contributed by atoms with Crippen LogP contribution in [0.5, 0.6) is 0 Å². The van der Waals surface area contributed by atoms with Gasteiger partial charge in [-0.3, -0.25) is 4.79 Å². The zero-order valence-corrected chi connectivity index (χ0v) is 17.7. The fourth-order valence-electron chi connectivity index (χ4n) is 3.65. The van der Waals surface area contributed by atoms with Gasteiger partial charge in [0, 0.05) is 26.1 Å². The molecule has 26 heavy (non-hydrogen) atoms. The first-order valence-electron chi connectivity index (χ1n) is 9.40. The third kappa shape index (κ3) is 4.29. The van der Waals surface area contributed by atoms with E-state index in [2.05, 4.69) is 11.6 Å². The number of hydrogen-bond acceptors (Lipinski definition) is 3. The average Bonchev–Trinajstić information content (AvgIpc) is 2.58. The number of likely N-dealkylation sites (tertiary alicyclic amines) is 1. The van der Waals surface area contributed by atoms with Gasteiger partial charge < -0.3 is 4.90 Å². The van der Waals surface area contributed by atoms with Crippen LogP contribution in [0.2, 0.25) is 0 Å². The standard InChI is InChI=1S/C20H32N2O3S/c1-13-8-11-22(12-9-13)19(23)7-10-21-26(24,25)20-17(5)15(3)14(2)16(4)18(20)6/h13,21H,7-12H2,1-6H3. The minimum Gasteiger partial charge on any atom is -0.343 e. The molecule has 146 valence electrons. The Bertz CT molecular complexity index is 763. The molecule has 0 spiro atoms. The lowest BCUT2D eigenvalue weighted by Gasteiger charge is -2.30. The van der Waals surface area contributed by atoms with E-state index in [1.807, 2.05) is 39.5 Å². The third-order valence-electron chi connectivity index (χ3n) is 5.97. The van der Waals surface area contributed by atoms with Gasteiger partial charge in [0.15, 0.2) is 0 Å². The zero-order valence-electron chi connectivity index (χ0n) is 16.9. The first-order valence-corrected chi connectivity index (χ1v) is 10.9. The Balaban J connectivity index is 2.07. The lowest BCUT2D eigenvalue weighted by atomic mass is 9.95. The molecule has 0 aromatic heterocycles. The summed E-state index contributed by atoms with van der Waals surface area (Å²) in [5, 5.41) is 0. The predicted molar refractivity (Wildman–Crippen MR) is 105 cm³/mol. The van der Waals surface area contributed by atoms with Crippen LogP contribution in [0.25, 0.3) is 0 Å². The molecule has 1 aromatic rings. The highest BCUT2D eigenvalue weighted by Gasteiger charge is 2.24. The normalized spacial score (nSPS) is 16.2. The molecule has 1 fully saturated rings. The van der Waals surface area contributed by atoms with E-state index < -0.39 is 10.0 Å². The minimum atomic E-state index is -3.64. The van der Waals surface area contributed by atoms with Crippen LogP contribution in [0.3, 0.4) is 0 Å². The van der Waals surface area contributed by atoms with Gasteiger partial charge in [-0.2, -0.15) is 0 Å². The van der Waals surface area contributed by atoms with E-state index in [9.17, 15) is 13.2 Å². The van der Waals surface area contributed by atoms with Crippen LogP contribution in [-0.2, 0) is 14.8 Å². The number of nitrogens with one attached hydrogen (secondary N) is 1. The van der Waals surface area contributed by atoms with E-state index in [1.165, 1.54) is 0 Å². The summed E-state index contributed by atoms with van der Waals surface area (Å²) in [6.07, 6.45) is 2.26. The monoisotopic (exact) mass is 380 g/mol. The van der Waals surface area contributed by atoms with Gasteiger partial charge in [-0.15, -0.1) is 0 Å². The maximum absolute atomic E-state index is 12.9. The summed E-state index contributed by atoms with van der Waals surface area (Å²) in [5.74, 6) is 0.695. The van der Waals surface area contributed by atoms with E-state index in [-0.39, 0.29) is 18.9 Å². The van der Waals surface area contributed by atoms with Crippen LogP contribution in [-0.4, -0.2) is 38.9 Å². The highest BCUT2D eigenvalue weighted by Crippen LogP contribution is 2.29. The second kappa shape index (κ2) is 8.09. The lowest BCUT2D eigenvalue weighted by Crippen LogP contribution is -2.39. The average molecular weight is 381 g/mol. The molecule has 6 heteroatoms. The van der Waals surface area contributed by atoms with E-state index >= 15 is 0 Å². The van der Waals surface area contributed by atoms with E-state index in [0.29, 0.717) is 10.8 Å². The van der Waals surface area contributed by atoms with Crippen LogP contribution < -0.4 is 4.72 Å². The van der Waals surface area contributed by atoms with Crippen LogP contribution in [0, 0.1) is 40.5 Å². The lowest BCUT2D eigenvalue weighted by molar-refractivity contribution is -0.132. The number of nitrogens with zero attached hydrogens (tertiary/aromatic N) is 1. The van der Waals surface area contributed by atoms with Crippen molar-refractivity contribution in [2.75, 3.05) is 19.6 Å². The topological polar surface area (TPSA) is 66.5 Å². The number of amides is 1. The fourth-order valence-corrected chi connectivity index (χ4v) is 5.28. The van der Waals surface area contributed by atoms with Crippen molar-refractivity contribution in [2.45, 2.75) is 65.7 Å². The molecule has 0 saturated carbocycles. The molecule has 1 aromatic carbocycles. The maximum atomic E-state index is 12.9. The Morgan fingerprint density at radius 1 is 0.962 bits per heavy atom. The molecule has 5 nitrogen and oxygen atoms in total. The largest absolute Gasteiger partial charge is 0.343 e. The van der Waals surface area contributed by atoms with Crippen molar-refractivity contribution >= 4 is 15.9 Å². The molecule has 1 amide bonds. The number of carbonyl (C=O) groups excluding carboxylic acids is 1. The molecular formula is C20H32N2O3S. The Morgan fingerprint density at radius 3 is 1.92 bits per heavy atom. The molecule has 0 radical (unpaired) electrons.